The van der Waals surface area contributed by atoms with E-state index in [9.17, 15) is 0 Å². The summed E-state index contributed by atoms with van der Waals surface area (Å²) >= 11 is 5.35. The van der Waals surface area contributed by atoms with Crippen LogP contribution in [0.3, 0.4) is 0 Å². The van der Waals surface area contributed by atoms with E-state index in [4.69, 9.17) is 17.0 Å². The van der Waals surface area contributed by atoms with Crippen molar-refractivity contribution >= 4 is 23.4 Å². The summed E-state index contributed by atoms with van der Waals surface area (Å²) < 4.78 is 7.90. The number of H-pyrrole nitrogens is 1. The minimum Gasteiger partial charge on any atom is -0.385 e. The number of ether oxygens (including phenoxy) is 1. The Labute approximate surface area is 106 Å². The Hall–Kier alpha value is -1.20. The topological polar surface area (TPSA) is 42.8 Å². The van der Waals surface area contributed by atoms with Crippen LogP contribution in [-0.2, 0) is 4.74 Å². The first kappa shape index (κ1) is 12.3. The lowest BCUT2D eigenvalue weighted by Gasteiger charge is -2.13. The molecule has 0 radical (unpaired) electrons. The fraction of sp³-hybridized carbons (Fsp3) is 0.500. The zero-order chi connectivity index (χ0) is 12.4. The molecular weight excluding hydrogens is 234 g/mol. The molecule has 0 aliphatic heterocycles. The van der Waals surface area contributed by atoms with Gasteiger partial charge >= 0.3 is 0 Å². The zero-order valence-electron chi connectivity index (χ0n) is 10.4. The van der Waals surface area contributed by atoms with Crippen molar-refractivity contribution in [3.63, 3.8) is 0 Å². The van der Waals surface area contributed by atoms with E-state index in [1.807, 2.05) is 19.1 Å². The first-order valence-electron chi connectivity index (χ1n) is 5.70. The number of nitrogens with zero attached hydrogens (tertiary/aromatic N) is 2. The summed E-state index contributed by atoms with van der Waals surface area (Å²) in [5.74, 6) is 0. The molecule has 0 aromatic carbocycles. The molecule has 0 bridgehead atoms. The van der Waals surface area contributed by atoms with Crippen LogP contribution in [0.25, 0.3) is 11.2 Å². The number of aromatic nitrogens is 3. The molecule has 0 fully saturated rings. The van der Waals surface area contributed by atoms with E-state index < -0.39 is 0 Å². The Bertz CT molecular complexity index is 573. The molecule has 5 heteroatoms. The Morgan fingerprint density at radius 3 is 3.00 bits per heavy atom. The molecule has 0 aliphatic carbocycles. The van der Waals surface area contributed by atoms with Gasteiger partial charge in [-0.15, -0.1) is 0 Å². The quantitative estimate of drug-likeness (QED) is 0.849. The van der Waals surface area contributed by atoms with Crippen LogP contribution in [0.5, 0.6) is 0 Å². The highest BCUT2D eigenvalue weighted by molar-refractivity contribution is 7.71. The highest BCUT2D eigenvalue weighted by Crippen LogP contribution is 2.19. The van der Waals surface area contributed by atoms with E-state index in [0.717, 1.165) is 34.7 Å². The SMILES string of the molecule is COCCC(C)n1c(=S)[nH]c2ccc(C)nc21. The van der Waals surface area contributed by atoms with Crippen molar-refractivity contribution in [3.8, 4) is 0 Å². The van der Waals surface area contributed by atoms with Gasteiger partial charge in [0.05, 0.1) is 5.52 Å². The van der Waals surface area contributed by atoms with Crippen molar-refractivity contribution in [3.05, 3.63) is 22.6 Å². The van der Waals surface area contributed by atoms with Crippen molar-refractivity contribution in [1.82, 2.24) is 14.5 Å². The maximum Gasteiger partial charge on any atom is 0.179 e. The first-order valence-corrected chi connectivity index (χ1v) is 6.11. The molecule has 2 aromatic rings. The summed E-state index contributed by atoms with van der Waals surface area (Å²) in [5, 5.41) is 0. The molecule has 2 rings (SSSR count). The number of methoxy groups -OCH3 is 1. The predicted molar refractivity (Wildman–Crippen MR) is 70.9 cm³/mol. The molecule has 2 aromatic heterocycles. The smallest absolute Gasteiger partial charge is 0.179 e. The van der Waals surface area contributed by atoms with Gasteiger partial charge in [-0.05, 0) is 44.6 Å². The van der Waals surface area contributed by atoms with Crippen molar-refractivity contribution in [2.45, 2.75) is 26.3 Å². The fourth-order valence-electron chi connectivity index (χ4n) is 1.92. The van der Waals surface area contributed by atoms with Gasteiger partial charge in [0.15, 0.2) is 10.4 Å². The number of aryl methyl sites for hydroxylation is 1. The molecule has 17 heavy (non-hydrogen) atoms. The normalized spacial score (nSPS) is 13.1. The lowest BCUT2D eigenvalue weighted by atomic mass is 10.2. The average Bonchev–Trinajstić information content (AvgIpc) is 2.61. The molecule has 2 heterocycles. The Balaban J connectivity index is 2.48. The minimum absolute atomic E-state index is 0.283. The maximum absolute atomic E-state index is 5.35. The van der Waals surface area contributed by atoms with Gasteiger partial charge in [0, 0.05) is 25.5 Å². The molecule has 0 spiro atoms. The summed E-state index contributed by atoms with van der Waals surface area (Å²) in [6.45, 7) is 4.84. The molecule has 4 nitrogen and oxygen atoms in total. The van der Waals surface area contributed by atoms with Gasteiger partial charge in [-0.2, -0.15) is 0 Å². The lowest BCUT2D eigenvalue weighted by Crippen LogP contribution is -2.08. The van der Waals surface area contributed by atoms with E-state index in [1.165, 1.54) is 0 Å². The van der Waals surface area contributed by atoms with Gasteiger partial charge in [-0.3, -0.25) is 4.57 Å². The third kappa shape index (κ3) is 2.40. The number of hydrogen-bond donors (Lipinski definition) is 1. The van der Waals surface area contributed by atoms with Crippen LogP contribution >= 0.6 is 12.2 Å². The number of fused-ring (bicyclic) bond motifs is 1. The molecule has 1 N–H and O–H groups in total. The van der Waals surface area contributed by atoms with E-state index in [2.05, 4.69) is 21.5 Å². The number of pyridine rings is 1. The second-order valence-corrected chi connectivity index (χ2v) is 4.64. The second kappa shape index (κ2) is 4.98. The largest absolute Gasteiger partial charge is 0.385 e. The summed E-state index contributed by atoms with van der Waals surface area (Å²) in [5.41, 5.74) is 2.92. The zero-order valence-corrected chi connectivity index (χ0v) is 11.2. The van der Waals surface area contributed by atoms with Gasteiger partial charge in [0.2, 0.25) is 0 Å². The maximum atomic E-state index is 5.35. The van der Waals surface area contributed by atoms with Crippen molar-refractivity contribution < 1.29 is 4.74 Å². The number of nitrogens with one attached hydrogen (secondary N) is 1. The molecule has 0 aliphatic rings. The van der Waals surface area contributed by atoms with Crippen LogP contribution in [0.15, 0.2) is 12.1 Å². The third-order valence-electron chi connectivity index (χ3n) is 2.88. The van der Waals surface area contributed by atoms with E-state index in [1.54, 1.807) is 7.11 Å². The fourth-order valence-corrected chi connectivity index (χ4v) is 2.30. The highest BCUT2D eigenvalue weighted by atomic mass is 32.1. The van der Waals surface area contributed by atoms with Gasteiger partial charge in [0.1, 0.15) is 0 Å². The van der Waals surface area contributed by atoms with E-state index in [-0.39, 0.29) is 6.04 Å². The van der Waals surface area contributed by atoms with Crippen molar-refractivity contribution in [2.75, 3.05) is 13.7 Å². The number of hydrogen-bond acceptors (Lipinski definition) is 3. The lowest BCUT2D eigenvalue weighted by molar-refractivity contribution is 0.181. The van der Waals surface area contributed by atoms with Crippen LogP contribution in [0.4, 0.5) is 0 Å². The molecule has 0 saturated heterocycles. The molecule has 92 valence electrons. The monoisotopic (exact) mass is 251 g/mol. The second-order valence-electron chi connectivity index (χ2n) is 4.25. The molecular formula is C12H17N3OS. The number of imidazole rings is 1. The summed E-state index contributed by atoms with van der Waals surface area (Å²) in [4.78, 5) is 7.74. The number of aromatic amines is 1. The van der Waals surface area contributed by atoms with Gasteiger partial charge in [-0.1, -0.05) is 0 Å². The van der Waals surface area contributed by atoms with Gasteiger partial charge < -0.3 is 9.72 Å². The highest BCUT2D eigenvalue weighted by Gasteiger charge is 2.12. The van der Waals surface area contributed by atoms with Crippen LogP contribution in [0.2, 0.25) is 0 Å². The van der Waals surface area contributed by atoms with Crippen LogP contribution in [-0.4, -0.2) is 28.3 Å². The Kier molecular flexibility index (Phi) is 3.59. The minimum atomic E-state index is 0.283. The van der Waals surface area contributed by atoms with Crippen LogP contribution in [0.1, 0.15) is 25.1 Å². The molecule has 1 unspecified atom stereocenters. The number of rotatable bonds is 4. The van der Waals surface area contributed by atoms with Crippen LogP contribution in [0, 0.1) is 11.7 Å². The molecule has 1 atom stereocenters. The first-order chi connectivity index (χ1) is 8.13. The summed E-state index contributed by atoms with van der Waals surface area (Å²) in [6, 6.07) is 4.29. The summed E-state index contributed by atoms with van der Waals surface area (Å²) in [6.07, 6.45) is 0.924. The van der Waals surface area contributed by atoms with E-state index in [0.29, 0.717) is 0 Å². The standard InChI is InChI=1S/C12H17N3OS/c1-8-4-5-10-11(13-8)15(12(17)14-10)9(2)6-7-16-3/h4-5,9H,6-7H2,1-3H3,(H,14,17). The predicted octanol–water partition coefficient (Wildman–Crippen LogP) is 3.00. The van der Waals surface area contributed by atoms with Crippen LogP contribution < -0.4 is 0 Å². The molecule has 0 saturated carbocycles. The van der Waals surface area contributed by atoms with Gasteiger partial charge in [0.25, 0.3) is 0 Å². The van der Waals surface area contributed by atoms with E-state index >= 15 is 0 Å². The summed E-state index contributed by atoms with van der Waals surface area (Å²) in [7, 11) is 1.71. The molecule has 0 amide bonds. The third-order valence-corrected chi connectivity index (χ3v) is 3.18. The van der Waals surface area contributed by atoms with Crippen molar-refractivity contribution in [2.24, 2.45) is 0 Å². The van der Waals surface area contributed by atoms with Gasteiger partial charge in [-0.25, -0.2) is 4.98 Å². The average molecular weight is 251 g/mol. The Morgan fingerprint density at radius 2 is 2.29 bits per heavy atom. The Morgan fingerprint density at radius 1 is 1.53 bits per heavy atom. The van der Waals surface area contributed by atoms with Crippen molar-refractivity contribution in [1.29, 1.82) is 0 Å².